The summed E-state index contributed by atoms with van der Waals surface area (Å²) in [5, 5.41) is 0. The Balaban J connectivity index is 1.62. The van der Waals surface area contributed by atoms with Crippen LogP contribution in [0.25, 0.3) is 0 Å². The highest BCUT2D eigenvalue weighted by molar-refractivity contribution is 5.92. The van der Waals surface area contributed by atoms with Gasteiger partial charge in [-0.05, 0) is 18.2 Å². The number of ether oxygens (including phenoxy) is 4. The highest BCUT2D eigenvalue weighted by Gasteiger charge is 2.22. The van der Waals surface area contributed by atoms with E-state index in [4.69, 9.17) is 18.9 Å². The van der Waals surface area contributed by atoms with Gasteiger partial charge < -0.3 is 23.8 Å². The van der Waals surface area contributed by atoms with Gasteiger partial charge in [0.2, 0.25) is 5.75 Å². The number of carbonyl (C=O) groups excluding carboxylic acids is 2. The second-order valence-electron chi connectivity index (χ2n) is 6.12. The number of methoxy groups -OCH3 is 1. The summed E-state index contributed by atoms with van der Waals surface area (Å²) in [7, 11) is 2.96. The molecule has 148 valence electrons. The number of likely N-dealkylation sites (N-methyl/N-ethyl adjacent to an activating group) is 1. The second kappa shape index (κ2) is 8.60. The summed E-state index contributed by atoms with van der Waals surface area (Å²) in [6, 6.07) is 9.11. The molecule has 1 aliphatic heterocycles. The Hall–Kier alpha value is -3.29. The number of amides is 1. The number of esters is 1. The number of halogens is 1. The summed E-state index contributed by atoms with van der Waals surface area (Å²) < 4.78 is 35.0. The maximum atomic E-state index is 13.7. The number of rotatable bonds is 6. The van der Waals surface area contributed by atoms with E-state index in [0.29, 0.717) is 36.0 Å². The van der Waals surface area contributed by atoms with E-state index in [1.807, 2.05) is 0 Å². The topological polar surface area (TPSA) is 74.3 Å². The minimum Gasteiger partial charge on any atom is -0.493 e. The lowest BCUT2D eigenvalue weighted by atomic mass is 10.1. The standard InChI is InChI=1S/C20H20FNO6/c1-22(11-13-5-3-4-6-15(13)21)18(23)12-28-20(24)14-9-16(25-2)19-17(10-14)26-7-8-27-19/h3-6,9-10H,7-8,11-12H2,1-2H3. The summed E-state index contributed by atoms with van der Waals surface area (Å²) in [5.41, 5.74) is 0.548. The minimum atomic E-state index is -0.706. The molecule has 2 aromatic rings. The predicted octanol–water partition coefficient (Wildman–Crippen LogP) is 2.42. The molecule has 7 nitrogen and oxygen atoms in total. The average Bonchev–Trinajstić information content (AvgIpc) is 2.72. The molecule has 1 heterocycles. The number of benzene rings is 2. The molecule has 1 aliphatic rings. The average molecular weight is 389 g/mol. The van der Waals surface area contributed by atoms with Crippen molar-refractivity contribution in [3.8, 4) is 17.2 Å². The Bertz CT molecular complexity index is 868. The Morgan fingerprint density at radius 2 is 1.93 bits per heavy atom. The molecule has 0 N–H and O–H groups in total. The van der Waals surface area contributed by atoms with E-state index in [-0.39, 0.29) is 12.1 Å². The zero-order valence-electron chi connectivity index (χ0n) is 15.6. The number of hydrogen-bond donors (Lipinski definition) is 0. The lowest BCUT2D eigenvalue weighted by molar-refractivity contribution is -0.133. The van der Waals surface area contributed by atoms with Gasteiger partial charge in [-0.1, -0.05) is 18.2 Å². The molecule has 0 aromatic heterocycles. The fourth-order valence-electron chi connectivity index (χ4n) is 2.68. The van der Waals surface area contributed by atoms with Gasteiger partial charge in [-0.2, -0.15) is 0 Å². The van der Waals surface area contributed by atoms with E-state index in [0.717, 1.165) is 0 Å². The van der Waals surface area contributed by atoms with E-state index in [1.165, 1.54) is 37.3 Å². The molecule has 1 amide bonds. The molecule has 0 aliphatic carbocycles. The molecule has 8 heteroatoms. The first-order chi connectivity index (χ1) is 13.5. The lowest BCUT2D eigenvalue weighted by Crippen LogP contribution is -2.31. The first-order valence-corrected chi connectivity index (χ1v) is 8.61. The summed E-state index contributed by atoms with van der Waals surface area (Å²) >= 11 is 0. The number of fused-ring (bicyclic) bond motifs is 1. The zero-order valence-corrected chi connectivity index (χ0v) is 15.6. The van der Waals surface area contributed by atoms with Crippen molar-refractivity contribution in [3.05, 3.63) is 53.3 Å². The monoisotopic (exact) mass is 389 g/mol. The Morgan fingerprint density at radius 1 is 1.18 bits per heavy atom. The molecule has 3 rings (SSSR count). The third kappa shape index (κ3) is 4.33. The number of nitrogens with zero attached hydrogens (tertiary/aromatic N) is 1. The molecule has 0 fully saturated rings. The lowest BCUT2D eigenvalue weighted by Gasteiger charge is -2.21. The Kier molecular flexibility index (Phi) is 5.98. The fraction of sp³-hybridized carbons (Fsp3) is 0.300. The van der Waals surface area contributed by atoms with E-state index in [2.05, 4.69) is 0 Å². The van der Waals surface area contributed by atoms with Gasteiger partial charge in [0.15, 0.2) is 18.1 Å². The van der Waals surface area contributed by atoms with E-state index in [1.54, 1.807) is 18.2 Å². The van der Waals surface area contributed by atoms with Gasteiger partial charge in [-0.15, -0.1) is 0 Å². The molecular weight excluding hydrogens is 369 g/mol. The van der Waals surface area contributed by atoms with Crippen LogP contribution in [0.5, 0.6) is 17.2 Å². The quantitative estimate of drug-likeness (QED) is 0.707. The van der Waals surface area contributed by atoms with Crippen LogP contribution in [-0.4, -0.2) is 50.8 Å². The van der Waals surface area contributed by atoms with Gasteiger partial charge in [0.05, 0.1) is 12.7 Å². The zero-order chi connectivity index (χ0) is 20.1. The third-order valence-electron chi connectivity index (χ3n) is 4.18. The third-order valence-corrected chi connectivity index (χ3v) is 4.18. The van der Waals surface area contributed by atoms with Crippen LogP contribution in [0.3, 0.4) is 0 Å². The van der Waals surface area contributed by atoms with E-state index >= 15 is 0 Å². The molecule has 2 aromatic carbocycles. The first-order valence-electron chi connectivity index (χ1n) is 8.61. The summed E-state index contributed by atoms with van der Waals surface area (Å²) in [5.74, 6) is -0.426. The maximum absolute atomic E-state index is 13.7. The van der Waals surface area contributed by atoms with Crippen LogP contribution < -0.4 is 14.2 Å². The number of hydrogen-bond acceptors (Lipinski definition) is 6. The van der Waals surface area contributed by atoms with Crippen LogP contribution in [-0.2, 0) is 16.1 Å². The minimum absolute atomic E-state index is 0.0703. The van der Waals surface area contributed by atoms with Crippen LogP contribution in [0.2, 0.25) is 0 Å². The molecule has 0 atom stereocenters. The van der Waals surface area contributed by atoms with Crippen molar-refractivity contribution >= 4 is 11.9 Å². The molecule has 0 saturated heterocycles. The highest BCUT2D eigenvalue weighted by Crippen LogP contribution is 2.40. The van der Waals surface area contributed by atoms with Gasteiger partial charge in [0, 0.05) is 19.2 Å². The van der Waals surface area contributed by atoms with Crippen molar-refractivity contribution in [3.63, 3.8) is 0 Å². The fourth-order valence-corrected chi connectivity index (χ4v) is 2.68. The maximum Gasteiger partial charge on any atom is 0.338 e. The van der Waals surface area contributed by atoms with Gasteiger partial charge >= 0.3 is 5.97 Å². The summed E-state index contributed by atoms with van der Waals surface area (Å²) in [4.78, 5) is 25.8. The van der Waals surface area contributed by atoms with Crippen LogP contribution >= 0.6 is 0 Å². The molecule has 0 bridgehead atoms. The van der Waals surface area contributed by atoms with Crippen LogP contribution in [0.15, 0.2) is 36.4 Å². The van der Waals surface area contributed by atoms with Gasteiger partial charge in [0.25, 0.3) is 5.91 Å². The Labute approximate surface area is 161 Å². The van der Waals surface area contributed by atoms with Crippen LogP contribution in [0, 0.1) is 5.82 Å². The second-order valence-corrected chi connectivity index (χ2v) is 6.12. The van der Waals surface area contributed by atoms with Crippen molar-refractivity contribution < 1.29 is 32.9 Å². The highest BCUT2D eigenvalue weighted by atomic mass is 19.1. The molecule has 0 saturated carbocycles. The smallest absolute Gasteiger partial charge is 0.338 e. The van der Waals surface area contributed by atoms with E-state index < -0.39 is 24.3 Å². The van der Waals surface area contributed by atoms with Gasteiger partial charge in [-0.25, -0.2) is 9.18 Å². The molecule has 0 radical (unpaired) electrons. The van der Waals surface area contributed by atoms with Crippen molar-refractivity contribution in [1.82, 2.24) is 4.90 Å². The number of carbonyl (C=O) groups is 2. The SMILES string of the molecule is COc1cc(C(=O)OCC(=O)N(C)Cc2ccccc2F)cc2c1OCCO2. The van der Waals surface area contributed by atoms with Crippen LogP contribution in [0.1, 0.15) is 15.9 Å². The normalized spacial score (nSPS) is 12.2. The van der Waals surface area contributed by atoms with Gasteiger partial charge in [-0.3, -0.25) is 4.79 Å². The summed E-state index contributed by atoms with van der Waals surface area (Å²) in [6.45, 7) is 0.339. The Morgan fingerprint density at radius 3 is 2.68 bits per heavy atom. The molecule has 0 unspecified atom stereocenters. The van der Waals surface area contributed by atoms with Crippen molar-refractivity contribution in [1.29, 1.82) is 0 Å². The molecule has 0 spiro atoms. The van der Waals surface area contributed by atoms with Crippen molar-refractivity contribution in [2.75, 3.05) is 34.0 Å². The first kappa shape index (κ1) is 19.5. The molecular formula is C20H20FNO6. The largest absolute Gasteiger partial charge is 0.493 e. The van der Waals surface area contributed by atoms with Crippen molar-refractivity contribution in [2.45, 2.75) is 6.54 Å². The molecule has 28 heavy (non-hydrogen) atoms. The van der Waals surface area contributed by atoms with Crippen LogP contribution in [0.4, 0.5) is 4.39 Å². The predicted molar refractivity (Wildman–Crippen MR) is 97.1 cm³/mol. The van der Waals surface area contributed by atoms with Crippen molar-refractivity contribution in [2.24, 2.45) is 0 Å². The van der Waals surface area contributed by atoms with Gasteiger partial charge in [0.1, 0.15) is 19.0 Å². The van der Waals surface area contributed by atoms with E-state index in [9.17, 15) is 14.0 Å². The summed E-state index contributed by atoms with van der Waals surface area (Å²) in [6.07, 6.45) is 0.